The second kappa shape index (κ2) is 3.95. The van der Waals surface area contributed by atoms with E-state index >= 15 is 0 Å². The molecule has 0 amide bonds. The van der Waals surface area contributed by atoms with Gasteiger partial charge in [0.15, 0.2) is 0 Å². The van der Waals surface area contributed by atoms with Crippen LogP contribution in [-0.4, -0.2) is 4.21 Å². The summed E-state index contributed by atoms with van der Waals surface area (Å²) in [4.78, 5) is 0.493. The van der Waals surface area contributed by atoms with E-state index in [2.05, 4.69) is 0 Å². The topological polar surface area (TPSA) is 17.1 Å². The van der Waals surface area contributed by atoms with Gasteiger partial charge in [0.05, 0.1) is 10.3 Å². The van der Waals surface area contributed by atoms with Gasteiger partial charge in [-0.3, -0.25) is 0 Å². The van der Waals surface area contributed by atoms with Crippen molar-refractivity contribution in [1.29, 1.82) is 0 Å². The molecule has 0 aliphatic rings. The van der Waals surface area contributed by atoms with Gasteiger partial charge in [0.1, 0.15) is 0 Å². The Morgan fingerprint density at radius 2 is 1.07 bits per heavy atom. The lowest BCUT2D eigenvalue weighted by Crippen LogP contribution is -2.04. The maximum absolute atomic E-state index is 14.1. The molecular weight excluding hydrogens is 211 g/mol. The van der Waals surface area contributed by atoms with E-state index < -0.39 is 10.3 Å². The van der Waals surface area contributed by atoms with E-state index in [-0.39, 0.29) is 9.79 Å². The third kappa shape index (κ3) is 1.97. The average Bonchev–Trinajstić information content (AvgIpc) is 2.31. The molecule has 2 rings (SSSR count). The van der Waals surface area contributed by atoms with Crippen molar-refractivity contribution >= 4 is 10.3 Å². The molecule has 2 aromatic carbocycles. The summed E-state index contributed by atoms with van der Waals surface area (Å²) < 4.78 is 26.1. The van der Waals surface area contributed by atoms with Crippen LogP contribution in [0.15, 0.2) is 70.5 Å². The van der Waals surface area contributed by atoms with Gasteiger partial charge in [-0.1, -0.05) is 36.4 Å². The number of halogens is 1. The summed E-state index contributed by atoms with van der Waals surface area (Å²) in [6.45, 7) is 0. The fourth-order valence-corrected chi connectivity index (χ4v) is 2.80. The highest BCUT2D eigenvalue weighted by Gasteiger charge is 2.17. The van der Waals surface area contributed by atoms with Gasteiger partial charge in [-0.15, -0.1) is 0 Å². The van der Waals surface area contributed by atoms with E-state index in [0.717, 1.165) is 0 Å². The smallest absolute Gasteiger partial charge is 0.0720 e. The molecule has 0 aliphatic carbocycles. The van der Waals surface area contributed by atoms with Crippen LogP contribution >= 0.6 is 0 Å². The second-order valence-corrected chi connectivity index (χ2v) is 5.30. The quantitative estimate of drug-likeness (QED) is 0.610. The van der Waals surface area contributed by atoms with E-state index in [1.807, 2.05) is 0 Å². The van der Waals surface area contributed by atoms with Crippen molar-refractivity contribution in [3.8, 4) is 0 Å². The lowest BCUT2D eigenvalue weighted by atomic mass is 10.4. The summed E-state index contributed by atoms with van der Waals surface area (Å²) in [5, 5.41) is 0. The molecule has 78 valence electrons. The first-order valence-corrected chi connectivity index (χ1v) is 6.22. The van der Waals surface area contributed by atoms with Gasteiger partial charge in [0.25, 0.3) is 0 Å². The van der Waals surface area contributed by atoms with Crippen LogP contribution < -0.4 is 0 Å². The fourth-order valence-electron chi connectivity index (χ4n) is 1.39. The predicted octanol–water partition coefficient (Wildman–Crippen LogP) is 3.01. The Hall–Kier alpha value is -1.48. The molecule has 0 saturated heterocycles. The molecule has 0 spiro atoms. The first-order chi connectivity index (χ1) is 7.21. The molecule has 0 heterocycles. The first-order valence-electron chi connectivity index (χ1n) is 4.62. The maximum Gasteiger partial charge on any atom is 0.0720 e. The Balaban J connectivity index is 2.50. The Labute approximate surface area is 89.3 Å². The van der Waals surface area contributed by atoms with Crippen LogP contribution in [0.4, 0.5) is 3.89 Å². The molecule has 3 heteroatoms. The average molecular weight is 222 g/mol. The van der Waals surface area contributed by atoms with Gasteiger partial charge in [0.2, 0.25) is 0 Å². The van der Waals surface area contributed by atoms with Gasteiger partial charge >= 0.3 is 0 Å². The van der Waals surface area contributed by atoms with Crippen LogP contribution in [0.5, 0.6) is 0 Å². The number of thiol groups is 1. The van der Waals surface area contributed by atoms with Crippen molar-refractivity contribution in [2.45, 2.75) is 9.79 Å². The summed E-state index contributed by atoms with van der Waals surface area (Å²) in [6.07, 6.45) is 0. The highest BCUT2D eigenvalue weighted by molar-refractivity contribution is 7.98. The largest absolute Gasteiger partial charge is 0.246 e. The first kappa shape index (κ1) is 10.1. The van der Waals surface area contributed by atoms with Gasteiger partial charge in [-0.25, -0.2) is 4.21 Å². The number of benzene rings is 2. The third-order valence-corrected chi connectivity index (χ3v) is 4.10. The highest BCUT2D eigenvalue weighted by Crippen LogP contribution is 2.28. The van der Waals surface area contributed by atoms with Crippen molar-refractivity contribution in [2.75, 3.05) is 0 Å². The summed E-state index contributed by atoms with van der Waals surface area (Å²) in [7, 11) is -3.90. The molecule has 0 aromatic heterocycles. The summed E-state index contributed by atoms with van der Waals surface area (Å²) in [6, 6.07) is 16.5. The van der Waals surface area contributed by atoms with Crippen LogP contribution in [0.1, 0.15) is 0 Å². The Kier molecular flexibility index (Phi) is 2.64. The highest BCUT2D eigenvalue weighted by atomic mass is 32.3. The minimum Gasteiger partial charge on any atom is -0.246 e. The Bertz CT molecular complexity index is 438. The molecule has 0 fully saturated rings. The molecule has 0 radical (unpaired) electrons. The van der Waals surface area contributed by atoms with Crippen LogP contribution in [0.3, 0.4) is 0 Å². The number of rotatable bonds is 2. The molecular formula is C12H11FOS. The number of hydrogen-bond acceptors (Lipinski definition) is 1. The molecule has 0 atom stereocenters. The predicted molar refractivity (Wildman–Crippen MR) is 60.1 cm³/mol. The van der Waals surface area contributed by atoms with Crippen molar-refractivity contribution in [3.05, 3.63) is 60.7 Å². The van der Waals surface area contributed by atoms with E-state index in [1.54, 1.807) is 60.7 Å². The van der Waals surface area contributed by atoms with Crippen molar-refractivity contribution < 1.29 is 8.09 Å². The molecule has 1 nitrogen and oxygen atoms in total. The lowest BCUT2D eigenvalue weighted by molar-refractivity contribution is 0.628. The van der Waals surface area contributed by atoms with Crippen molar-refractivity contribution in [1.82, 2.24) is 0 Å². The third-order valence-electron chi connectivity index (χ3n) is 2.18. The van der Waals surface area contributed by atoms with Gasteiger partial charge < -0.3 is 0 Å². The van der Waals surface area contributed by atoms with E-state index in [9.17, 15) is 8.09 Å². The van der Waals surface area contributed by atoms with Gasteiger partial charge in [-0.2, -0.15) is 3.89 Å². The van der Waals surface area contributed by atoms with Gasteiger partial charge in [0, 0.05) is 9.79 Å². The standard InChI is InChI=1S/C12H11FOS/c13-15(14,11-7-3-1-4-8-11)12-9-5-2-6-10-12/h1-10,15H. The minimum atomic E-state index is -3.90. The van der Waals surface area contributed by atoms with Crippen molar-refractivity contribution in [3.63, 3.8) is 0 Å². The normalized spacial score (nSPS) is 12.3. The summed E-state index contributed by atoms with van der Waals surface area (Å²) >= 11 is 0. The van der Waals surface area contributed by atoms with E-state index in [4.69, 9.17) is 0 Å². The molecule has 0 aliphatic heterocycles. The molecule has 0 unspecified atom stereocenters. The zero-order valence-electron chi connectivity index (χ0n) is 8.01. The minimum absolute atomic E-state index is 0.246. The lowest BCUT2D eigenvalue weighted by Gasteiger charge is -2.14. The van der Waals surface area contributed by atoms with Crippen molar-refractivity contribution in [2.24, 2.45) is 0 Å². The molecule has 15 heavy (non-hydrogen) atoms. The van der Waals surface area contributed by atoms with Crippen LogP contribution in [0.25, 0.3) is 0 Å². The van der Waals surface area contributed by atoms with Crippen LogP contribution in [0, 0.1) is 0 Å². The Morgan fingerprint density at radius 3 is 1.40 bits per heavy atom. The zero-order chi connectivity index (χ0) is 10.7. The molecule has 0 saturated carbocycles. The SMILES string of the molecule is O=[SH](F)(c1ccccc1)c1ccccc1. The van der Waals surface area contributed by atoms with E-state index in [1.165, 1.54) is 0 Å². The Morgan fingerprint density at radius 1 is 0.733 bits per heavy atom. The van der Waals surface area contributed by atoms with Crippen LogP contribution in [0.2, 0.25) is 0 Å². The van der Waals surface area contributed by atoms with Gasteiger partial charge in [-0.05, 0) is 24.3 Å². The molecule has 2 aromatic rings. The zero-order valence-corrected chi connectivity index (χ0v) is 8.90. The molecule has 0 N–H and O–H groups in total. The fraction of sp³-hybridized carbons (Fsp3) is 0. The van der Waals surface area contributed by atoms with E-state index in [0.29, 0.717) is 0 Å². The number of hydrogen-bond donors (Lipinski definition) is 1. The maximum atomic E-state index is 14.1. The molecule has 0 bridgehead atoms. The summed E-state index contributed by atoms with van der Waals surface area (Å²) in [5.74, 6) is 0. The van der Waals surface area contributed by atoms with Crippen LogP contribution in [-0.2, 0) is 10.3 Å². The summed E-state index contributed by atoms with van der Waals surface area (Å²) in [5.41, 5.74) is 0. The second-order valence-electron chi connectivity index (χ2n) is 3.20. The monoisotopic (exact) mass is 222 g/mol.